The molecule has 0 radical (unpaired) electrons. The Balaban J connectivity index is 1.57. The number of halogens is 2. The first-order valence-corrected chi connectivity index (χ1v) is 9.28. The maximum atomic E-state index is 13.4. The molecule has 28 heavy (non-hydrogen) atoms. The number of carbonyl (C=O) groups is 2. The lowest BCUT2D eigenvalue weighted by molar-refractivity contribution is -0.128. The van der Waals surface area contributed by atoms with E-state index in [1.807, 2.05) is 29.2 Å². The first kappa shape index (κ1) is 19.8. The fourth-order valence-corrected chi connectivity index (χ4v) is 3.25. The van der Waals surface area contributed by atoms with Crippen molar-refractivity contribution in [2.45, 2.75) is 38.9 Å². The molecule has 1 aliphatic heterocycles. The first-order chi connectivity index (χ1) is 13.4. The molecule has 1 atom stereocenters. The van der Waals surface area contributed by atoms with Crippen LogP contribution < -0.4 is 10.6 Å². The van der Waals surface area contributed by atoms with Gasteiger partial charge in [-0.2, -0.15) is 0 Å². The van der Waals surface area contributed by atoms with Crippen LogP contribution >= 0.6 is 0 Å². The standard InChI is InChI=1S/C21H23F2N3O2/c1-14(15-8-9-18(22)19(23)11-15)25-21(28)24-12-16-5-2-3-6-17(16)13-26-10-4-7-20(26)27/h2-3,5-6,8-9,11,14H,4,7,10,12-13H2,1H3,(H2,24,25,28)/t14-/m0/s1. The van der Waals surface area contributed by atoms with Crippen molar-refractivity contribution in [2.75, 3.05) is 6.54 Å². The van der Waals surface area contributed by atoms with E-state index in [4.69, 9.17) is 0 Å². The van der Waals surface area contributed by atoms with Gasteiger partial charge in [0, 0.05) is 26.1 Å². The molecule has 0 saturated carbocycles. The summed E-state index contributed by atoms with van der Waals surface area (Å²) in [5.41, 5.74) is 2.39. The van der Waals surface area contributed by atoms with Crippen molar-refractivity contribution in [3.8, 4) is 0 Å². The summed E-state index contributed by atoms with van der Waals surface area (Å²) in [5, 5.41) is 5.49. The number of urea groups is 1. The van der Waals surface area contributed by atoms with Crippen molar-refractivity contribution in [3.63, 3.8) is 0 Å². The van der Waals surface area contributed by atoms with Crippen LogP contribution in [0.15, 0.2) is 42.5 Å². The molecule has 0 aliphatic carbocycles. The van der Waals surface area contributed by atoms with Crippen LogP contribution in [0.5, 0.6) is 0 Å². The molecule has 3 amide bonds. The van der Waals surface area contributed by atoms with Crippen molar-refractivity contribution in [1.29, 1.82) is 0 Å². The van der Waals surface area contributed by atoms with E-state index in [9.17, 15) is 18.4 Å². The van der Waals surface area contributed by atoms with Gasteiger partial charge in [0.15, 0.2) is 11.6 Å². The van der Waals surface area contributed by atoms with Crippen LogP contribution in [0.4, 0.5) is 13.6 Å². The lowest BCUT2D eigenvalue weighted by Gasteiger charge is -2.19. The van der Waals surface area contributed by atoms with Gasteiger partial charge in [0.05, 0.1) is 6.04 Å². The second-order valence-corrected chi connectivity index (χ2v) is 6.91. The lowest BCUT2D eigenvalue weighted by Crippen LogP contribution is -2.37. The molecule has 2 aromatic rings. The summed E-state index contributed by atoms with van der Waals surface area (Å²) >= 11 is 0. The third-order valence-corrected chi connectivity index (χ3v) is 4.88. The summed E-state index contributed by atoms with van der Waals surface area (Å²) < 4.78 is 26.4. The van der Waals surface area contributed by atoms with E-state index < -0.39 is 23.7 Å². The number of rotatable bonds is 6. The molecular weight excluding hydrogens is 364 g/mol. The van der Waals surface area contributed by atoms with Crippen LogP contribution in [0.25, 0.3) is 0 Å². The number of hydrogen-bond donors (Lipinski definition) is 2. The minimum atomic E-state index is -0.947. The van der Waals surface area contributed by atoms with Gasteiger partial charge in [0.1, 0.15) is 0 Å². The number of nitrogens with zero attached hydrogens (tertiary/aromatic N) is 1. The molecule has 5 nitrogen and oxygen atoms in total. The summed E-state index contributed by atoms with van der Waals surface area (Å²) in [7, 11) is 0. The summed E-state index contributed by atoms with van der Waals surface area (Å²) in [6.45, 7) is 3.28. The predicted octanol–water partition coefficient (Wildman–Crippen LogP) is 3.65. The maximum Gasteiger partial charge on any atom is 0.315 e. The summed E-state index contributed by atoms with van der Waals surface area (Å²) in [5.74, 6) is -1.72. The van der Waals surface area contributed by atoms with Gasteiger partial charge in [-0.3, -0.25) is 4.79 Å². The largest absolute Gasteiger partial charge is 0.338 e. The van der Waals surface area contributed by atoms with Crippen LogP contribution in [0.1, 0.15) is 42.5 Å². The molecule has 7 heteroatoms. The molecule has 1 fully saturated rings. The van der Waals surface area contributed by atoms with Crippen LogP contribution in [-0.4, -0.2) is 23.4 Å². The van der Waals surface area contributed by atoms with Crippen molar-refractivity contribution in [3.05, 3.63) is 70.8 Å². The Morgan fingerprint density at radius 2 is 1.89 bits per heavy atom. The molecule has 0 aromatic heterocycles. The topological polar surface area (TPSA) is 61.4 Å². The molecule has 1 aliphatic rings. The van der Waals surface area contributed by atoms with Gasteiger partial charge in [0.2, 0.25) is 5.91 Å². The fourth-order valence-electron chi connectivity index (χ4n) is 3.25. The third kappa shape index (κ3) is 4.85. The monoisotopic (exact) mass is 387 g/mol. The number of likely N-dealkylation sites (tertiary alicyclic amines) is 1. The van der Waals surface area contributed by atoms with E-state index in [1.54, 1.807) is 6.92 Å². The molecule has 2 aromatic carbocycles. The van der Waals surface area contributed by atoms with Crippen molar-refractivity contribution in [1.82, 2.24) is 15.5 Å². The average molecular weight is 387 g/mol. The highest BCUT2D eigenvalue weighted by Gasteiger charge is 2.21. The molecule has 3 rings (SSSR count). The van der Waals surface area contributed by atoms with Gasteiger partial charge in [-0.15, -0.1) is 0 Å². The smallest absolute Gasteiger partial charge is 0.315 e. The number of hydrogen-bond acceptors (Lipinski definition) is 2. The van der Waals surface area contributed by atoms with Gasteiger partial charge in [0.25, 0.3) is 0 Å². The van der Waals surface area contributed by atoms with Crippen molar-refractivity contribution < 1.29 is 18.4 Å². The van der Waals surface area contributed by atoms with Crippen molar-refractivity contribution >= 4 is 11.9 Å². The Morgan fingerprint density at radius 3 is 2.57 bits per heavy atom. The highest BCUT2D eigenvalue weighted by molar-refractivity contribution is 5.78. The molecule has 148 valence electrons. The maximum absolute atomic E-state index is 13.4. The summed E-state index contributed by atoms with van der Waals surface area (Å²) in [4.78, 5) is 25.9. The van der Waals surface area contributed by atoms with E-state index in [1.165, 1.54) is 6.07 Å². The first-order valence-electron chi connectivity index (χ1n) is 9.28. The number of amides is 3. The summed E-state index contributed by atoms with van der Waals surface area (Å²) in [6.07, 6.45) is 1.47. The van der Waals surface area contributed by atoms with Crippen LogP contribution in [0, 0.1) is 11.6 Å². The fraction of sp³-hybridized carbons (Fsp3) is 0.333. The van der Waals surface area contributed by atoms with E-state index >= 15 is 0 Å². The highest BCUT2D eigenvalue weighted by Crippen LogP contribution is 2.18. The normalized spacial score (nSPS) is 14.8. The second kappa shape index (κ2) is 8.82. The Kier molecular flexibility index (Phi) is 6.23. The predicted molar refractivity (Wildman–Crippen MR) is 101 cm³/mol. The van der Waals surface area contributed by atoms with Crippen LogP contribution in [-0.2, 0) is 17.9 Å². The minimum Gasteiger partial charge on any atom is -0.338 e. The zero-order chi connectivity index (χ0) is 20.1. The molecular formula is C21H23F2N3O2. The van der Waals surface area contributed by atoms with E-state index in [2.05, 4.69) is 10.6 Å². The van der Waals surface area contributed by atoms with Gasteiger partial charge >= 0.3 is 6.03 Å². The van der Waals surface area contributed by atoms with Gasteiger partial charge in [-0.25, -0.2) is 13.6 Å². The molecule has 2 N–H and O–H groups in total. The molecule has 0 unspecified atom stereocenters. The van der Waals surface area contributed by atoms with E-state index in [-0.39, 0.29) is 5.91 Å². The Bertz CT molecular complexity index is 872. The number of carbonyl (C=O) groups excluding carboxylic acids is 2. The van der Waals surface area contributed by atoms with Crippen LogP contribution in [0.2, 0.25) is 0 Å². The van der Waals surface area contributed by atoms with E-state index in [0.717, 1.165) is 36.2 Å². The highest BCUT2D eigenvalue weighted by atomic mass is 19.2. The summed E-state index contributed by atoms with van der Waals surface area (Å²) in [6, 6.07) is 10.3. The minimum absolute atomic E-state index is 0.154. The molecule has 1 heterocycles. The zero-order valence-corrected chi connectivity index (χ0v) is 15.7. The third-order valence-electron chi connectivity index (χ3n) is 4.88. The Hall–Kier alpha value is -2.96. The van der Waals surface area contributed by atoms with Crippen LogP contribution in [0.3, 0.4) is 0 Å². The number of benzene rings is 2. The SMILES string of the molecule is C[C@H](NC(=O)NCc1ccccc1CN1CCCC1=O)c1ccc(F)c(F)c1. The zero-order valence-electron chi connectivity index (χ0n) is 15.7. The van der Waals surface area contributed by atoms with E-state index in [0.29, 0.717) is 25.1 Å². The number of nitrogens with one attached hydrogen (secondary N) is 2. The quantitative estimate of drug-likeness (QED) is 0.795. The molecule has 1 saturated heterocycles. The van der Waals surface area contributed by atoms with Crippen molar-refractivity contribution in [2.24, 2.45) is 0 Å². The van der Waals surface area contributed by atoms with Gasteiger partial charge < -0.3 is 15.5 Å². The van der Waals surface area contributed by atoms with Gasteiger partial charge in [-0.05, 0) is 42.2 Å². The second-order valence-electron chi connectivity index (χ2n) is 6.91. The molecule has 0 spiro atoms. The Labute approximate surface area is 162 Å². The lowest BCUT2D eigenvalue weighted by atomic mass is 10.1. The molecule has 0 bridgehead atoms. The Morgan fingerprint density at radius 1 is 1.14 bits per heavy atom. The van der Waals surface area contributed by atoms with Gasteiger partial charge in [-0.1, -0.05) is 30.3 Å². The average Bonchev–Trinajstić information content (AvgIpc) is 3.08.